The number of hydrogen-bond acceptors (Lipinski definition) is 9. The van der Waals surface area contributed by atoms with Crippen LogP contribution in [0.3, 0.4) is 0 Å². The van der Waals surface area contributed by atoms with Crippen molar-refractivity contribution in [1.29, 1.82) is 0 Å². The molecule has 0 bridgehead atoms. The predicted molar refractivity (Wildman–Crippen MR) is 118 cm³/mol. The first-order chi connectivity index (χ1) is 16.5. The van der Waals surface area contributed by atoms with Gasteiger partial charge in [0, 0.05) is 7.05 Å². The van der Waals surface area contributed by atoms with E-state index in [0.29, 0.717) is 42.2 Å². The van der Waals surface area contributed by atoms with Crippen LogP contribution in [0, 0.1) is 12.8 Å². The van der Waals surface area contributed by atoms with E-state index < -0.39 is 5.97 Å². The van der Waals surface area contributed by atoms with Gasteiger partial charge < -0.3 is 14.6 Å². The molecule has 5 rings (SSSR count). The van der Waals surface area contributed by atoms with E-state index in [1.54, 1.807) is 11.7 Å². The van der Waals surface area contributed by atoms with Crippen LogP contribution in [-0.2, 0) is 18.4 Å². The molecule has 2 atom stereocenters. The molecule has 0 spiro atoms. The second-order valence-corrected chi connectivity index (χ2v) is 9.00. The molecular weight excluding hydrogens is 440 g/mol. The number of tetrazole rings is 1. The maximum atomic E-state index is 11.3. The summed E-state index contributed by atoms with van der Waals surface area (Å²) in [6, 6.07) is 3.98. The van der Waals surface area contributed by atoms with Gasteiger partial charge in [-0.25, -0.2) is 9.67 Å². The van der Waals surface area contributed by atoms with E-state index in [1.807, 2.05) is 19.1 Å². The molecule has 2 aliphatic rings. The fourth-order valence-electron chi connectivity index (χ4n) is 4.33. The molecule has 0 radical (unpaired) electrons. The third kappa shape index (κ3) is 4.70. The maximum Gasteiger partial charge on any atom is 0.356 e. The van der Waals surface area contributed by atoms with Crippen LogP contribution < -0.4 is 9.47 Å². The lowest BCUT2D eigenvalue weighted by molar-refractivity contribution is -0.143. The van der Waals surface area contributed by atoms with Crippen molar-refractivity contribution < 1.29 is 19.4 Å². The van der Waals surface area contributed by atoms with Gasteiger partial charge in [0.05, 0.1) is 29.1 Å². The number of aliphatic carboxylic acids is 1. The summed E-state index contributed by atoms with van der Waals surface area (Å²) < 4.78 is 13.5. The minimum absolute atomic E-state index is 0.122. The van der Waals surface area contributed by atoms with Gasteiger partial charge in [-0.15, -0.1) is 5.10 Å². The van der Waals surface area contributed by atoms with Crippen LogP contribution in [0.25, 0.3) is 11.4 Å². The number of carboxylic acid groups (broad SMARTS) is 1. The Kier molecular flexibility index (Phi) is 6.12. The lowest BCUT2D eigenvalue weighted by Crippen LogP contribution is -2.29. The van der Waals surface area contributed by atoms with Crippen molar-refractivity contribution in [3.05, 3.63) is 23.5 Å². The van der Waals surface area contributed by atoms with Crippen molar-refractivity contribution in [2.24, 2.45) is 13.0 Å². The molecule has 12 nitrogen and oxygen atoms in total. The molecule has 0 unspecified atom stereocenters. The van der Waals surface area contributed by atoms with Gasteiger partial charge in [0.25, 0.3) is 0 Å². The van der Waals surface area contributed by atoms with Crippen LogP contribution >= 0.6 is 0 Å². The van der Waals surface area contributed by atoms with Crippen molar-refractivity contribution in [2.45, 2.75) is 70.6 Å². The summed E-state index contributed by atoms with van der Waals surface area (Å²) in [7, 11) is 1.81. The van der Waals surface area contributed by atoms with Crippen molar-refractivity contribution in [2.75, 3.05) is 0 Å². The SMILES string of the molecule is Cc1nc(-c2nnn(C)c2Cn2nnc(OC3CCC3)n2)ccc1O[C@H]1CCC[C@H](C(=O)O)C1. The molecule has 2 saturated carbocycles. The smallest absolute Gasteiger partial charge is 0.356 e. The summed E-state index contributed by atoms with van der Waals surface area (Å²) in [5.41, 5.74) is 2.77. The Labute approximate surface area is 196 Å². The molecule has 1 N–H and O–H groups in total. The Balaban J connectivity index is 1.30. The monoisotopic (exact) mass is 468 g/mol. The van der Waals surface area contributed by atoms with Crippen molar-refractivity contribution in [1.82, 2.24) is 40.2 Å². The highest BCUT2D eigenvalue weighted by molar-refractivity contribution is 5.70. The minimum atomic E-state index is -0.753. The van der Waals surface area contributed by atoms with Gasteiger partial charge in [-0.1, -0.05) is 15.4 Å². The lowest BCUT2D eigenvalue weighted by atomic mass is 9.87. The number of rotatable bonds is 8. The van der Waals surface area contributed by atoms with E-state index in [9.17, 15) is 9.90 Å². The van der Waals surface area contributed by atoms with Gasteiger partial charge in [-0.2, -0.15) is 4.80 Å². The average molecular weight is 469 g/mol. The molecule has 3 aromatic heterocycles. The largest absolute Gasteiger partial charge is 0.489 e. The Bertz CT molecular complexity index is 1170. The molecule has 3 aromatic rings. The number of carboxylic acids is 1. The van der Waals surface area contributed by atoms with E-state index >= 15 is 0 Å². The van der Waals surface area contributed by atoms with Gasteiger partial charge in [0.2, 0.25) is 0 Å². The summed E-state index contributed by atoms with van der Waals surface area (Å²) in [5.74, 6) is -0.448. The van der Waals surface area contributed by atoms with E-state index in [-0.39, 0.29) is 24.1 Å². The third-order valence-electron chi connectivity index (χ3n) is 6.54. The Hall–Kier alpha value is -3.57. The van der Waals surface area contributed by atoms with Gasteiger partial charge in [0.15, 0.2) is 0 Å². The maximum absolute atomic E-state index is 11.3. The molecule has 34 heavy (non-hydrogen) atoms. The number of nitrogens with zero attached hydrogens (tertiary/aromatic N) is 8. The summed E-state index contributed by atoms with van der Waals surface area (Å²) in [5, 5.41) is 30.2. The standard InChI is InChI=1S/C22H28N8O4/c1-13-19(33-16-8-3-5-14(11-16)21(31)32)10-9-17(23-13)20-18(29(2)27-24-20)12-30-26-22(25-28-30)34-15-6-4-7-15/h9-10,14-16H,3-8,11-12H2,1-2H3,(H,31,32)/t14-,16-/m0/s1. The van der Waals surface area contributed by atoms with E-state index in [2.05, 4.69) is 25.7 Å². The van der Waals surface area contributed by atoms with Gasteiger partial charge in [-0.05, 0) is 69.2 Å². The molecule has 0 amide bonds. The topological polar surface area (TPSA) is 143 Å². The quantitative estimate of drug-likeness (QED) is 0.522. The molecule has 180 valence electrons. The molecule has 3 heterocycles. The second-order valence-electron chi connectivity index (χ2n) is 9.00. The highest BCUT2D eigenvalue weighted by Gasteiger charge is 2.29. The average Bonchev–Trinajstić information content (AvgIpc) is 3.39. The third-order valence-corrected chi connectivity index (χ3v) is 6.54. The first-order valence-electron chi connectivity index (χ1n) is 11.7. The van der Waals surface area contributed by atoms with E-state index in [1.165, 1.54) is 11.2 Å². The zero-order valence-electron chi connectivity index (χ0n) is 19.3. The summed E-state index contributed by atoms with van der Waals surface area (Å²) in [6.45, 7) is 2.19. The predicted octanol–water partition coefficient (Wildman–Crippen LogP) is 2.17. The minimum Gasteiger partial charge on any atom is -0.489 e. The molecular formula is C22H28N8O4. The van der Waals surface area contributed by atoms with Crippen LogP contribution in [0.4, 0.5) is 0 Å². The molecule has 0 saturated heterocycles. The fourth-order valence-corrected chi connectivity index (χ4v) is 4.33. The number of hydrogen-bond donors (Lipinski definition) is 1. The van der Waals surface area contributed by atoms with Gasteiger partial charge >= 0.3 is 12.0 Å². The van der Waals surface area contributed by atoms with E-state index in [4.69, 9.17) is 14.5 Å². The van der Waals surface area contributed by atoms with Crippen LogP contribution in [0.1, 0.15) is 56.3 Å². The summed E-state index contributed by atoms with van der Waals surface area (Å²) in [4.78, 5) is 17.5. The normalized spacial score (nSPS) is 20.6. The highest BCUT2D eigenvalue weighted by Crippen LogP contribution is 2.30. The zero-order valence-corrected chi connectivity index (χ0v) is 19.3. The van der Waals surface area contributed by atoms with Crippen molar-refractivity contribution in [3.63, 3.8) is 0 Å². The Morgan fingerprint density at radius 2 is 1.88 bits per heavy atom. The van der Waals surface area contributed by atoms with Gasteiger partial charge in [-0.3, -0.25) is 4.79 Å². The number of carbonyl (C=O) groups is 1. The number of pyridine rings is 1. The molecule has 2 aliphatic carbocycles. The molecule has 12 heteroatoms. The summed E-state index contributed by atoms with van der Waals surface area (Å²) in [6.07, 6.45) is 6.19. The van der Waals surface area contributed by atoms with Crippen LogP contribution in [0.2, 0.25) is 0 Å². The fraction of sp³-hybridized carbons (Fsp3) is 0.591. The first-order valence-corrected chi connectivity index (χ1v) is 11.7. The molecule has 0 aliphatic heterocycles. The van der Waals surface area contributed by atoms with Crippen molar-refractivity contribution in [3.8, 4) is 23.1 Å². The van der Waals surface area contributed by atoms with Crippen molar-refractivity contribution >= 4 is 5.97 Å². The van der Waals surface area contributed by atoms with Gasteiger partial charge in [0.1, 0.15) is 24.1 Å². The van der Waals surface area contributed by atoms with Crippen LogP contribution in [-0.4, -0.2) is 63.5 Å². The number of ether oxygens (including phenoxy) is 2. The number of aryl methyl sites for hydroxylation is 2. The first kappa shape index (κ1) is 22.2. The number of aromatic nitrogens is 8. The zero-order chi connectivity index (χ0) is 23.7. The van der Waals surface area contributed by atoms with E-state index in [0.717, 1.165) is 31.4 Å². The Morgan fingerprint density at radius 3 is 2.62 bits per heavy atom. The molecule has 0 aromatic carbocycles. The van der Waals surface area contributed by atoms with Crippen LogP contribution in [0.5, 0.6) is 11.8 Å². The lowest BCUT2D eigenvalue weighted by Gasteiger charge is -2.27. The highest BCUT2D eigenvalue weighted by atomic mass is 16.5. The Morgan fingerprint density at radius 1 is 1.09 bits per heavy atom. The van der Waals surface area contributed by atoms with Crippen LogP contribution in [0.15, 0.2) is 12.1 Å². The molecule has 2 fully saturated rings. The summed E-state index contributed by atoms with van der Waals surface area (Å²) >= 11 is 0. The second kappa shape index (κ2) is 9.35.